The molecule has 0 atom stereocenters. The number of hydrogen-bond acceptors (Lipinski definition) is 4. The summed E-state index contributed by atoms with van der Waals surface area (Å²) >= 11 is 5.93. The summed E-state index contributed by atoms with van der Waals surface area (Å²) in [6.45, 7) is 5.35. The van der Waals surface area contributed by atoms with Crippen LogP contribution in [0.4, 0.5) is 5.69 Å². The number of hydrogen-bond donors (Lipinski definition) is 1. The topological polar surface area (TPSA) is 77.4 Å². The molecule has 0 spiro atoms. The van der Waals surface area contributed by atoms with E-state index < -0.39 is 11.9 Å². The lowest BCUT2D eigenvalue weighted by Gasteiger charge is -2.15. The molecule has 1 amide bonds. The number of carbonyl (C=O) groups excluding carboxylic acids is 2. The van der Waals surface area contributed by atoms with Crippen molar-refractivity contribution in [3.63, 3.8) is 0 Å². The fourth-order valence-electron chi connectivity index (χ4n) is 2.99. The van der Waals surface area contributed by atoms with E-state index in [1.807, 2.05) is 26.0 Å². The van der Waals surface area contributed by atoms with Crippen molar-refractivity contribution in [2.75, 3.05) is 5.32 Å². The largest absolute Gasteiger partial charge is 0.427 e. The average molecular weight is 425 g/mol. The van der Waals surface area contributed by atoms with Crippen molar-refractivity contribution in [1.82, 2.24) is 4.57 Å². The molecule has 1 aromatic heterocycles. The van der Waals surface area contributed by atoms with Crippen LogP contribution in [0, 0.1) is 13.8 Å². The Kier molecular flexibility index (Phi) is 6.37. The molecule has 0 unspecified atom stereocenters. The Bertz CT molecular complexity index is 1150. The van der Waals surface area contributed by atoms with Crippen LogP contribution in [0.25, 0.3) is 0 Å². The van der Waals surface area contributed by atoms with Crippen molar-refractivity contribution >= 4 is 29.2 Å². The van der Waals surface area contributed by atoms with Crippen molar-refractivity contribution in [1.29, 1.82) is 0 Å². The van der Waals surface area contributed by atoms with Crippen LogP contribution in [-0.2, 0) is 11.3 Å². The van der Waals surface area contributed by atoms with E-state index in [0.717, 1.165) is 16.8 Å². The SMILES string of the molecule is CC(=O)Oc1ccc(NC(=O)c2cc(C)c(C)n(Cc3ccc(Cl)cc3)c2=O)cc1. The number of ether oxygens (including phenoxy) is 1. The Hall–Kier alpha value is -3.38. The highest BCUT2D eigenvalue weighted by Gasteiger charge is 2.17. The van der Waals surface area contributed by atoms with Crippen molar-refractivity contribution in [3.8, 4) is 5.75 Å². The van der Waals surface area contributed by atoms with E-state index in [1.54, 1.807) is 47.0 Å². The van der Waals surface area contributed by atoms with E-state index in [0.29, 0.717) is 23.0 Å². The quantitative estimate of drug-likeness (QED) is 0.488. The van der Waals surface area contributed by atoms with Crippen LogP contribution in [0.1, 0.15) is 34.1 Å². The smallest absolute Gasteiger partial charge is 0.308 e. The van der Waals surface area contributed by atoms with E-state index in [4.69, 9.17) is 16.3 Å². The predicted molar refractivity (Wildman–Crippen MR) is 116 cm³/mol. The maximum Gasteiger partial charge on any atom is 0.308 e. The third kappa shape index (κ3) is 4.96. The second-order valence-electron chi connectivity index (χ2n) is 6.92. The molecule has 6 nitrogen and oxygen atoms in total. The van der Waals surface area contributed by atoms with Gasteiger partial charge in [-0.05, 0) is 67.4 Å². The van der Waals surface area contributed by atoms with E-state index >= 15 is 0 Å². The Morgan fingerprint density at radius 3 is 2.27 bits per heavy atom. The first-order valence-corrected chi connectivity index (χ1v) is 9.67. The number of esters is 1. The highest BCUT2D eigenvalue weighted by molar-refractivity contribution is 6.30. The highest BCUT2D eigenvalue weighted by Crippen LogP contribution is 2.17. The number of amides is 1. The maximum absolute atomic E-state index is 13.0. The monoisotopic (exact) mass is 424 g/mol. The van der Waals surface area contributed by atoms with Gasteiger partial charge in [-0.3, -0.25) is 14.4 Å². The number of aryl methyl sites for hydroxylation is 1. The second-order valence-corrected chi connectivity index (χ2v) is 7.35. The summed E-state index contributed by atoms with van der Waals surface area (Å²) in [6, 6.07) is 15.2. The molecule has 154 valence electrons. The van der Waals surface area contributed by atoms with E-state index in [1.165, 1.54) is 6.92 Å². The molecule has 0 bridgehead atoms. The fourth-order valence-corrected chi connectivity index (χ4v) is 3.12. The minimum Gasteiger partial charge on any atom is -0.427 e. The van der Waals surface area contributed by atoms with Crippen LogP contribution >= 0.6 is 11.6 Å². The van der Waals surface area contributed by atoms with Crippen molar-refractivity contribution in [2.24, 2.45) is 0 Å². The number of rotatable bonds is 5. The van der Waals surface area contributed by atoms with Crippen LogP contribution < -0.4 is 15.6 Å². The molecule has 3 rings (SSSR count). The third-order valence-electron chi connectivity index (χ3n) is 4.68. The minimum absolute atomic E-state index is 0.0520. The molecule has 0 aliphatic heterocycles. The van der Waals surface area contributed by atoms with Crippen LogP contribution in [-0.4, -0.2) is 16.4 Å². The molecule has 3 aromatic rings. The minimum atomic E-state index is -0.506. The van der Waals surface area contributed by atoms with Crippen molar-refractivity contribution in [3.05, 3.63) is 92.4 Å². The number of anilines is 1. The number of halogens is 1. The van der Waals surface area contributed by atoms with Gasteiger partial charge in [-0.15, -0.1) is 0 Å². The molecule has 2 aromatic carbocycles. The van der Waals surface area contributed by atoms with Gasteiger partial charge in [0.05, 0.1) is 6.54 Å². The zero-order chi connectivity index (χ0) is 21.8. The maximum atomic E-state index is 13.0. The van der Waals surface area contributed by atoms with Gasteiger partial charge in [-0.2, -0.15) is 0 Å². The summed E-state index contributed by atoms with van der Waals surface area (Å²) in [6.07, 6.45) is 0. The molecule has 1 N–H and O–H groups in total. The fraction of sp³-hybridized carbons (Fsp3) is 0.174. The summed E-state index contributed by atoms with van der Waals surface area (Å²) in [7, 11) is 0. The average Bonchev–Trinajstić information content (AvgIpc) is 2.70. The first-order chi connectivity index (χ1) is 14.2. The molecular weight excluding hydrogens is 404 g/mol. The Labute approximate surface area is 179 Å². The lowest BCUT2D eigenvalue weighted by molar-refractivity contribution is -0.131. The lowest BCUT2D eigenvalue weighted by Crippen LogP contribution is -2.31. The number of nitrogens with zero attached hydrogens (tertiary/aromatic N) is 1. The van der Waals surface area contributed by atoms with Crippen molar-refractivity contribution in [2.45, 2.75) is 27.3 Å². The molecule has 1 heterocycles. The van der Waals surface area contributed by atoms with Gasteiger partial charge in [-0.25, -0.2) is 0 Å². The Morgan fingerprint density at radius 1 is 1.03 bits per heavy atom. The predicted octanol–water partition coefficient (Wildman–Crippen LogP) is 4.34. The molecule has 0 fully saturated rings. The zero-order valence-corrected chi connectivity index (χ0v) is 17.6. The third-order valence-corrected chi connectivity index (χ3v) is 4.94. The summed E-state index contributed by atoms with van der Waals surface area (Å²) in [5, 5.41) is 3.33. The van der Waals surface area contributed by atoms with Gasteiger partial charge in [0.2, 0.25) is 0 Å². The van der Waals surface area contributed by atoms with Crippen LogP contribution in [0.5, 0.6) is 5.75 Å². The van der Waals surface area contributed by atoms with E-state index in [9.17, 15) is 14.4 Å². The second kappa shape index (κ2) is 8.97. The zero-order valence-electron chi connectivity index (χ0n) is 16.9. The molecule has 0 aliphatic rings. The Balaban J connectivity index is 1.87. The first kappa shape index (κ1) is 21.3. The molecule has 0 saturated carbocycles. The van der Waals surface area contributed by atoms with E-state index in [2.05, 4.69) is 5.32 Å². The van der Waals surface area contributed by atoms with Gasteiger partial charge in [0.1, 0.15) is 11.3 Å². The Morgan fingerprint density at radius 2 is 1.67 bits per heavy atom. The number of benzene rings is 2. The molecule has 30 heavy (non-hydrogen) atoms. The van der Waals surface area contributed by atoms with Gasteiger partial charge in [0, 0.05) is 23.3 Å². The van der Waals surface area contributed by atoms with Gasteiger partial charge in [0.15, 0.2) is 0 Å². The molecule has 0 radical (unpaired) electrons. The van der Waals surface area contributed by atoms with Crippen LogP contribution in [0.3, 0.4) is 0 Å². The number of aromatic nitrogens is 1. The normalized spacial score (nSPS) is 10.5. The van der Waals surface area contributed by atoms with Crippen LogP contribution in [0.15, 0.2) is 59.4 Å². The summed E-state index contributed by atoms with van der Waals surface area (Å²) in [5.74, 6) is -0.562. The van der Waals surface area contributed by atoms with Gasteiger partial charge in [-0.1, -0.05) is 23.7 Å². The lowest BCUT2D eigenvalue weighted by atomic mass is 10.1. The molecule has 7 heteroatoms. The number of nitrogens with one attached hydrogen (secondary N) is 1. The molecular formula is C23H21ClN2O4. The molecule has 0 saturated heterocycles. The summed E-state index contributed by atoms with van der Waals surface area (Å²) in [4.78, 5) is 36.8. The highest BCUT2D eigenvalue weighted by atomic mass is 35.5. The molecule has 0 aliphatic carbocycles. The summed E-state index contributed by atoms with van der Waals surface area (Å²) in [5.41, 5.74) is 2.69. The van der Waals surface area contributed by atoms with Crippen molar-refractivity contribution < 1.29 is 14.3 Å². The van der Waals surface area contributed by atoms with Gasteiger partial charge >= 0.3 is 5.97 Å². The van der Waals surface area contributed by atoms with E-state index in [-0.39, 0.29) is 11.1 Å². The number of pyridine rings is 1. The first-order valence-electron chi connectivity index (χ1n) is 9.30. The summed E-state index contributed by atoms with van der Waals surface area (Å²) < 4.78 is 6.55. The van der Waals surface area contributed by atoms with Crippen LogP contribution in [0.2, 0.25) is 5.02 Å². The van der Waals surface area contributed by atoms with Gasteiger partial charge in [0.25, 0.3) is 11.5 Å². The van der Waals surface area contributed by atoms with Gasteiger partial charge < -0.3 is 14.6 Å². The standard InChI is InChI=1S/C23H21ClN2O4/c1-14-12-21(22(28)25-19-8-10-20(11-9-19)30-16(3)27)23(29)26(15(14)2)13-17-4-6-18(24)7-5-17/h4-12H,13H2,1-3H3,(H,25,28). The number of carbonyl (C=O) groups is 2.